The molecule has 0 fully saturated rings. The van der Waals surface area contributed by atoms with Crippen molar-refractivity contribution in [3.05, 3.63) is 27.9 Å². The van der Waals surface area contributed by atoms with E-state index in [0.717, 1.165) is 0 Å². The predicted molar refractivity (Wildman–Crippen MR) is 43.2 cm³/mol. The molecule has 0 saturated heterocycles. The van der Waals surface area contributed by atoms with Crippen molar-refractivity contribution in [3.8, 4) is 0 Å². The molecule has 12 heavy (non-hydrogen) atoms. The molecule has 0 unspecified atom stereocenters. The van der Waals surface area contributed by atoms with Gasteiger partial charge in [-0.05, 0) is 6.07 Å². The van der Waals surface area contributed by atoms with E-state index in [-0.39, 0.29) is 18.1 Å². The Labute approximate surface area is 68.3 Å². The molecule has 0 aliphatic rings. The molecule has 1 rings (SSSR count). The molecule has 6 heteroatoms. The topological polar surface area (TPSA) is 108 Å². The summed E-state index contributed by atoms with van der Waals surface area (Å²) in [6.45, 7) is 0.224. The molecule has 0 aliphatic carbocycles. The van der Waals surface area contributed by atoms with Crippen molar-refractivity contribution in [2.24, 2.45) is 5.73 Å². The van der Waals surface area contributed by atoms with E-state index >= 15 is 0 Å². The van der Waals surface area contributed by atoms with E-state index < -0.39 is 4.92 Å². The lowest BCUT2D eigenvalue weighted by molar-refractivity contribution is -0.384. The Kier molecular flexibility index (Phi) is 2.20. The highest BCUT2D eigenvalue weighted by atomic mass is 16.6. The van der Waals surface area contributed by atoms with Crippen LogP contribution in [0.2, 0.25) is 0 Å². The van der Waals surface area contributed by atoms with E-state index in [4.69, 9.17) is 11.5 Å². The molecule has 0 aromatic carbocycles. The first kappa shape index (κ1) is 8.41. The first-order valence-corrected chi connectivity index (χ1v) is 3.25. The fraction of sp³-hybridized carbons (Fsp3) is 0.167. The molecule has 1 aromatic rings. The second-order valence-electron chi connectivity index (χ2n) is 2.17. The van der Waals surface area contributed by atoms with Crippen molar-refractivity contribution >= 4 is 11.5 Å². The largest absolute Gasteiger partial charge is 0.378 e. The van der Waals surface area contributed by atoms with E-state index in [1.165, 1.54) is 12.1 Å². The minimum Gasteiger partial charge on any atom is -0.378 e. The lowest BCUT2D eigenvalue weighted by Crippen LogP contribution is -2.04. The average molecular weight is 168 g/mol. The van der Waals surface area contributed by atoms with Crippen LogP contribution in [0.5, 0.6) is 0 Å². The molecule has 0 aliphatic heterocycles. The second kappa shape index (κ2) is 3.14. The monoisotopic (exact) mass is 168 g/mol. The molecule has 1 aromatic heterocycles. The Bertz CT molecular complexity index is 312. The number of hydrogen-bond acceptors (Lipinski definition) is 5. The Morgan fingerprint density at radius 2 is 2.25 bits per heavy atom. The summed E-state index contributed by atoms with van der Waals surface area (Å²) in [4.78, 5) is 13.4. The highest BCUT2D eigenvalue weighted by Gasteiger charge is 2.11. The van der Waals surface area contributed by atoms with E-state index in [1.54, 1.807) is 0 Å². The maximum atomic E-state index is 10.3. The summed E-state index contributed by atoms with van der Waals surface area (Å²) in [6.07, 6.45) is 0. The van der Waals surface area contributed by atoms with Gasteiger partial charge in [-0.2, -0.15) is 0 Å². The highest BCUT2D eigenvalue weighted by molar-refractivity contribution is 5.52. The number of nitrogens with zero attached hydrogens (tertiary/aromatic N) is 2. The molecule has 0 spiro atoms. The summed E-state index contributed by atoms with van der Waals surface area (Å²) >= 11 is 0. The van der Waals surface area contributed by atoms with Crippen LogP contribution in [0.3, 0.4) is 0 Å². The van der Waals surface area contributed by atoms with Gasteiger partial charge in [-0.1, -0.05) is 0 Å². The van der Waals surface area contributed by atoms with Crippen LogP contribution < -0.4 is 11.5 Å². The highest BCUT2D eigenvalue weighted by Crippen LogP contribution is 2.17. The molecule has 0 bridgehead atoms. The Morgan fingerprint density at radius 1 is 1.58 bits per heavy atom. The van der Waals surface area contributed by atoms with Crippen LogP contribution in [0, 0.1) is 10.1 Å². The molecule has 6 nitrogen and oxygen atoms in total. The van der Waals surface area contributed by atoms with Crippen LogP contribution in [0.4, 0.5) is 11.5 Å². The maximum Gasteiger partial charge on any atom is 0.311 e. The van der Waals surface area contributed by atoms with Crippen molar-refractivity contribution < 1.29 is 4.92 Å². The first-order chi connectivity index (χ1) is 5.65. The van der Waals surface area contributed by atoms with Crippen LogP contribution in [0.15, 0.2) is 12.1 Å². The molecule has 4 N–H and O–H groups in total. The maximum absolute atomic E-state index is 10.3. The lowest BCUT2D eigenvalue weighted by Gasteiger charge is -1.98. The summed E-state index contributed by atoms with van der Waals surface area (Å²) in [5.41, 5.74) is 10.9. The smallest absolute Gasteiger partial charge is 0.311 e. The standard InChI is InChI=1S/C6H8N4O2/c7-3-4-1-2-5(10(11)12)6(8)9-4/h1-2H,3,7H2,(H2,8,9). The summed E-state index contributed by atoms with van der Waals surface area (Å²) in [7, 11) is 0. The van der Waals surface area contributed by atoms with Crippen molar-refractivity contribution in [2.45, 2.75) is 6.54 Å². The summed E-state index contributed by atoms with van der Waals surface area (Å²) in [6, 6.07) is 2.78. The van der Waals surface area contributed by atoms with Crippen LogP contribution in [-0.2, 0) is 6.54 Å². The van der Waals surface area contributed by atoms with Gasteiger partial charge in [0.1, 0.15) is 0 Å². The third-order valence-electron chi connectivity index (χ3n) is 1.37. The first-order valence-electron chi connectivity index (χ1n) is 3.25. The summed E-state index contributed by atoms with van der Waals surface area (Å²) < 4.78 is 0. The zero-order valence-corrected chi connectivity index (χ0v) is 6.23. The zero-order valence-electron chi connectivity index (χ0n) is 6.23. The number of hydrogen-bond donors (Lipinski definition) is 2. The number of pyridine rings is 1. The molecular formula is C6H8N4O2. The van der Waals surface area contributed by atoms with Crippen LogP contribution >= 0.6 is 0 Å². The van der Waals surface area contributed by atoms with Gasteiger partial charge in [0, 0.05) is 12.6 Å². The number of aromatic nitrogens is 1. The van der Waals surface area contributed by atoms with Crippen molar-refractivity contribution in [1.29, 1.82) is 0 Å². The number of nitrogen functional groups attached to an aromatic ring is 1. The number of nitro groups is 1. The van der Waals surface area contributed by atoms with Gasteiger partial charge < -0.3 is 11.5 Å². The number of nitrogens with two attached hydrogens (primary N) is 2. The number of anilines is 1. The van der Waals surface area contributed by atoms with E-state index in [0.29, 0.717) is 5.69 Å². The van der Waals surface area contributed by atoms with Gasteiger partial charge in [0.05, 0.1) is 10.6 Å². The predicted octanol–water partition coefficient (Wildman–Crippen LogP) is 0.0307. The van der Waals surface area contributed by atoms with Crippen molar-refractivity contribution in [1.82, 2.24) is 4.98 Å². The molecule has 1 heterocycles. The normalized spacial score (nSPS) is 9.75. The molecule has 64 valence electrons. The lowest BCUT2D eigenvalue weighted by atomic mass is 10.3. The fourth-order valence-corrected chi connectivity index (χ4v) is 0.778. The van der Waals surface area contributed by atoms with E-state index in [2.05, 4.69) is 4.98 Å². The molecule has 0 saturated carbocycles. The third-order valence-corrected chi connectivity index (χ3v) is 1.37. The minimum absolute atomic E-state index is 0.0945. The second-order valence-corrected chi connectivity index (χ2v) is 2.17. The van der Waals surface area contributed by atoms with Gasteiger partial charge in [0.2, 0.25) is 5.82 Å². The minimum atomic E-state index is -0.581. The van der Waals surface area contributed by atoms with Gasteiger partial charge in [0.25, 0.3) is 0 Å². The van der Waals surface area contributed by atoms with E-state index in [9.17, 15) is 10.1 Å². The van der Waals surface area contributed by atoms with Gasteiger partial charge in [-0.15, -0.1) is 0 Å². The van der Waals surface area contributed by atoms with Crippen LogP contribution in [0.1, 0.15) is 5.69 Å². The zero-order chi connectivity index (χ0) is 9.14. The van der Waals surface area contributed by atoms with Crippen molar-refractivity contribution in [2.75, 3.05) is 5.73 Å². The van der Waals surface area contributed by atoms with Gasteiger partial charge >= 0.3 is 5.69 Å². The van der Waals surface area contributed by atoms with Crippen LogP contribution in [-0.4, -0.2) is 9.91 Å². The van der Waals surface area contributed by atoms with Crippen molar-refractivity contribution in [3.63, 3.8) is 0 Å². The summed E-state index contributed by atoms with van der Waals surface area (Å²) in [5, 5.41) is 10.3. The van der Waals surface area contributed by atoms with Gasteiger partial charge in [-0.3, -0.25) is 10.1 Å². The molecule has 0 radical (unpaired) electrons. The SMILES string of the molecule is NCc1ccc([N+](=O)[O-])c(N)n1. The third kappa shape index (κ3) is 1.48. The van der Waals surface area contributed by atoms with Gasteiger partial charge in [-0.25, -0.2) is 4.98 Å². The Hall–Kier alpha value is -1.69. The number of rotatable bonds is 2. The van der Waals surface area contributed by atoms with E-state index in [1.807, 2.05) is 0 Å². The quantitative estimate of drug-likeness (QED) is 0.478. The summed E-state index contributed by atoms with van der Waals surface area (Å²) in [5.74, 6) is -0.0945. The fourth-order valence-electron chi connectivity index (χ4n) is 0.778. The molecular weight excluding hydrogens is 160 g/mol. The van der Waals surface area contributed by atoms with Crippen LogP contribution in [0.25, 0.3) is 0 Å². The Balaban J connectivity index is 3.12. The van der Waals surface area contributed by atoms with Gasteiger partial charge in [0.15, 0.2) is 0 Å². The average Bonchev–Trinajstić information content (AvgIpc) is 2.03. The Morgan fingerprint density at radius 3 is 2.67 bits per heavy atom. The molecule has 0 atom stereocenters. The molecule has 0 amide bonds.